The first-order chi connectivity index (χ1) is 7.36. The van der Waals surface area contributed by atoms with E-state index in [2.05, 4.69) is 0 Å². The van der Waals surface area contributed by atoms with Crippen LogP contribution in [0.15, 0.2) is 0 Å². The smallest absolute Gasteiger partial charge is 0.410 e. The van der Waals surface area contributed by atoms with Crippen molar-refractivity contribution < 1.29 is 14.3 Å². The molecule has 1 amide bonds. The lowest BCUT2D eigenvalue weighted by molar-refractivity contribution is 0.0283. The highest BCUT2D eigenvalue weighted by Gasteiger charge is 2.78. The van der Waals surface area contributed by atoms with Crippen LogP contribution in [0.2, 0.25) is 0 Å². The standard InChI is InChI=1S/C12H19NO3/c1-10(2,3)15-9(14)13-7-6-12(8-13)11(16-12)4-5-11/h4-8H2,1-3H3. The number of epoxide rings is 1. The molecule has 1 saturated carbocycles. The number of ether oxygens (including phenoxy) is 2. The molecule has 0 radical (unpaired) electrons. The van der Waals surface area contributed by atoms with Crippen LogP contribution in [-0.4, -0.2) is 40.9 Å². The number of rotatable bonds is 0. The van der Waals surface area contributed by atoms with Crippen molar-refractivity contribution >= 4 is 6.09 Å². The van der Waals surface area contributed by atoms with Crippen LogP contribution in [0.1, 0.15) is 40.0 Å². The topological polar surface area (TPSA) is 42.1 Å². The average Bonchev–Trinajstić information content (AvgIpc) is 2.95. The number of fused-ring (bicyclic) bond motifs is 1. The first-order valence-electron chi connectivity index (χ1n) is 6.04. The van der Waals surface area contributed by atoms with Gasteiger partial charge in [-0.15, -0.1) is 0 Å². The molecule has 0 bridgehead atoms. The van der Waals surface area contributed by atoms with E-state index in [4.69, 9.17) is 9.47 Å². The van der Waals surface area contributed by atoms with Gasteiger partial charge in [-0.3, -0.25) is 0 Å². The van der Waals surface area contributed by atoms with Crippen molar-refractivity contribution in [1.29, 1.82) is 0 Å². The third-order valence-electron chi connectivity index (χ3n) is 3.77. The van der Waals surface area contributed by atoms with Crippen molar-refractivity contribution in [2.75, 3.05) is 13.1 Å². The SMILES string of the molecule is CC(C)(C)OC(=O)N1CCC2(C1)OC21CC1. The molecule has 0 aromatic rings. The van der Waals surface area contributed by atoms with E-state index in [0.717, 1.165) is 19.5 Å². The van der Waals surface area contributed by atoms with Crippen molar-refractivity contribution in [1.82, 2.24) is 4.90 Å². The molecule has 4 nitrogen and oxygen atoms in total. The van der Waals surface area contributed by atoms with Gasteiger partial charge in [0.2, 0.25) is 0 Å². The lowest BCUT2D eigenvalue weighted by atomic mass is 10.0. The highest BCUT2D eigenvalue weighted by Crippen LogP contribution is 2.67. The molecule has 2 spiro atoms. The Balaban J connectivity index is 1.60. The van der Waals surface area contributed by atoms with Gasteiger partial charge in [0.25, 0.3) is 0 Å². The van der Waals surface area contributed by atoms with Crippen molar-refractivity contribution in [2.45, 2.75) is 56.8 Å². The Morgan fingerprint density at radius 2 is 1.94 bits per heavy atom. The maximum Gasteiger partial charge on any atom is 0.410 e. The van der Waals surface area contributed by atoms with E-state index in [1.807, 2.05) is 20.8 Å². The largest absolute Gasteiger partial charge is 0.444 e. The van der Waals surface area contributed by atoms with Gasteiger partial charge in [-0.2, -0.15) is 0 Å². The van der Waals surface area contributed by atoms with Crippen molar-refractivity contribution in [3.8, 4) is 0 Å². The number of amides is 1. The first-order valence-corrected chi connectivity index (χ1v) is 6.04. The van der Waals surface area contributed by atoms with E-state index in [9.17, 15) is 4.79 Å². The minimum absolute atomic E-state index is 0.00387. The fraction of sp³-hybridized carbons (Fsp3) is 0.917. The Bertz CT molecular complexity index is 343. The molecule has 16 heavy (non-hydrogen) atoms. The number of hydrogen-bond donors (Lipinski definition) is 0. The summed E-state index contributed by atoms with van der Waals surface area (Å²) >= 11 is 0. The van der Waals surface area contributed by atoms with Crippen LogP contribution in [-0.2, 0) is 9.47 Å². The zero-order chi connectivity index (χ0) is 11.6. The van der Waals surface area contributed by atoms with Gasteiger partial charge in [-0.1, -0.05) is 0 Å². The molecule has 3 aliphatic rings. The van der Waals surface area contributed by atoms with Crippen LogP contribution in [0.5, 0.6) is 0 Å². The summed E-state index contributed by atoms with van der Waals surface area (Å²) in [6, 6.07) is 0. The summed E-state index contributed by atoms with van der Waals surface area (Å²) in [5, 5.41) is 0. The van der Waals surface area contributed by atoms with Gasteiger partial charge < -0.3 is 14.4 Å². The van der Waals surface area contributed by atoms with E-state index in [1.165, 1.54) is 12.8 Å². The molecule has 2 heterocycles. The predicted octanol–water partition coefficient (Wildman–Crippen LogP) is 1.93. The van der Waals surface area contributed by atoms with E-state index in [0.29, 0.717) is 0 Å². The highest BCUT2D eigenvalue weighted by molar-refractivity contribution is 5.69. The van der Waals surface area contributed by atoms with E-state index >= 15 is 0 Å². The van der Waals surface area contributed by atoms with Crippen LogP contribution in [0.25, 0.3) is 0 Å². The zero-order valence-corrected chi connectivity index (χ0v) is 10.2. The van der Waals surface area contributed by atoms with Crippen molar-refractivity contribution in [2.24, 2.45) is 0 Å². The van der Waals surface area contributed by atoms with Crippen molar-refractivity contribution in [3.63, 3.8) is 0 Å². The second-order valence-corrected chi connectivity index (χ2v) is 6.24. The van der Waals surface area contributed by atoms with E-state index in [1.54, 1.807) is 4.90 Å². The quantitative estimate of drug-likeness (QED) is 0.591. The average molecular weight is 225 g/mol. The zero-order valence-electron chi connectivity index (χ0n) is 10.2. The first kappa shape index (κ1) is 10.4. The van der Waals surface area contributed by atoms with Crippen LogP contribution >= 0.6 is 0 Å². The summed E-state index contributed by atoms with van der Waals surface area (Å²) in [6.07, 6.45) is 3.13. The van der Waals surface area contributed by atoms with Gasteiger partial charge in [-0.25, -0.2) is 4.79 Å². The molecule has 1 aliphatic carbocycles. The molecule has 90 valence electrons. The molecule has 3 fully saturated rings. The summed E-state index contributed by atoms with van der Waals surface area (Å²) in [6.45, 7) is 7.19. The Morgan fingerprint density at radius 3 is 2.44 bits per heavy atom. The highest BCUT2D eigenvalue weighted by atomic mass is 16.6. The molecule has 2 aliphatic heterocycles. The summed E-state index contributed by atoms with van der Waals surface area (Å²) < 4.78 is 11.2. The van der Waals surface area contributed by atoms with Crippen LogP contribution in [0, 0.1) is 0 Å². The molecule has 1 unspecified atom stereocenters. The van der Waals surface area contributed by atoms with Crippen LogP contribution < -0.4 is 0 Å². The van der Waals surface area contributed by atoms with Gasteiger partial charge in [-0.05, 0) is 40.0 Å². The molecule has 2 saturated heterocycles. The lowest BCUT2D eigenvalue weighted by Crippen LogP contribution is -2.36. The predicted molar refractivity (Wildman–Crippen MR) is 58.2 cm³/mol. The second kappa shape index (κ2) is 2.73. The molecule has 3 rings (SSSR count). The maximum absolute atomic E-state index is 11.9. The third-order valence-corrected chi connectivity index (χ3v) is 3.77. The molecule has 4 heteroatoms. The Labute approximate surface area is 95.9 Å². The molecule has 1 atom stereocenters. The molecular weight excluding hydrogens is 206 g/mol. The molecular formula is C12H19NO3. The summed E-state index contributed by atoms with van der Waals surface area (Å²) in [5.41, 5.74) is -0.234. The van der Waals surface area contributed by atoms with Gasteiger partial charge in [0, 0.05) is 6.54 Å². The fourth-order valence-corrected chi connectivity index (χ4v) is 2.74. The van der Waals surface area contributed by atoms with Gasteiger partial charge >= 0.3 is 6.09 Å². The summed E-state index contributed by atoms with van der Waals surface area (Å²) in [5.74, 6) is 0. The third kappa shape index (κ3) is 1.43. The van der Waals surface area contributed by atoms with Crippen molar-refractivity contribution in [3.05, 3.63) is 0 Å². The number of carbonyl (C=O) groups is 1. The fourth-order valence-electron chi connectivity index (χ4n) is 2.74. The maximum atomic E-state index is 11.9. The number of hydrogen-bond acceptors (Lipinski definition) is 3. The minimum Gasteiger partial charge on any atom is -0.444 e. The molecule has 0 aromatic carbocycles. The Kier molecular flexibility index (Phi) is 1.77. The van der Waals surface area contributed by atoms with Gasteiger partial charge in [0.15, 0.2) is 0 Å². The normalized spacial score (nSPS) is 34.6. The van der Waals surface area contributed by atoms with Crippen LogP contribution in [0.3, 0.4) is 0 Å². The minimum atomic E-state index is -0.408. The summed E-state index contributed by atoms with van der Waals surface area (Å²) in [7, 11) is 0. The molecule has 0 aromatic heterocycles. The van der Waals surface area contributed by atoms with Gasteiger partial charge in [0.05, 0.1) is 6.54 Å². The lowest BCUT2D eigenvalue weighted by Gasteiger charge is -2.24. The van der Waals surface area contributed by atoms with Crippen LogP contribution in [0.4, 0.5) is 4.79 Å². The Morgan fingerprint density at radius 1 is 1.25 bits per heavy atom. The number of nitrogens with zero attached hydrogens (tertiary/aromatic N) is 1. The summed E-state index contributed by atoms with van der Waals surface area (Å²) in [4.78, 5) is 13.6. The van der Waals surface area contributed by atoms with E-state index in [-0.39, 0.29) is 17.3 Å². The Hall–Kier alpha value is -0.770. The number of likely N-dealkylation sites (tertiary alicyclic amines) is 1. The number of carbonyl (C=O) groups excluding carboxylic acids is 1. The van der Waals surface area contributed by atoms with E-state index < -0.39 is 5.60 Å². The molecule has 0 N–H and O–H groups in total. The second-order valence-electron chi connectivity index (χ2n) is 6.24. The van der Waals surface area contributed by atoms with Gasteiger partial charge in [0.1, 0.15) is 16.8 Å². The monoisotopic (exact) mass is 225 g/mol.